The molecule has 0 spiro atoms. The van der Waals surface area contributed by atoms with E-state index >= 15 is 0 Å². The molecule has 0 bridgehead atoms. The zero-order valence-corrected chi connectivity index (χ0v) is 15.7. The second-order valence-corrected chi connectivity index (χ2v) is 7.41. The number of carbonyl (C=O) groups excluding carboxylic acids is 1. The number of hydrogen-bond acceptors (Lipinski definition) is 5. The normalized spacial score (nSPS) is 20.0. The van der Waals surface area contributed by atoms with Crippen LogP contribution in [-0.2, 0) is 4.79 Å². The highest BCUT2D eigenvalue weighted by Crippen LogP contribution is 2.32. The van der Waals surface area contributed by atoms with Crippen molar-refractivity contribution in [2.24, 2.45) is 5.92 Å². The summed E-state index contributed by atoms with van der Waals surface area (Å²) in [7, 11) is 1.65. The smallest absolute Gasteiger partial charge is 0.227 e. The minimum absolute atomic E-state index is 0.265. The highest BCUT2D eigenvalue weighted by molar-refractivity contribution is 5.79. The quantitative estimate of drug-likeness (QED) is 0.873. The van der Waals surface area contributed by atoms with Gasteiger partial charge in [-0.05, 0) is 56.0 Å². The molecule has 2 aromatic rings. The third kappa shape index (κ3) is 4.04. The number of aromatic nitrogens is 2. The van der Waals surface area contributed by atoms with Crippen molar-refractivity contribution in [3.05, 3.63) is 42.2 Å². The third-order valence-corrected chi connectivity index (χ3v) is 5.63. The minimum atomic E-state index is 0.265. The van der Waals surface area contributed by atoms with Crippen molar-refractivity contribution in [1.29, 1.82) is 0 Å². The highest BCUT2D eigenvalue weighted by atomic mass is 16.5. The van der Waals surface area contributed by atoms with Gasteiger partial charge in [0.2, 0.25) is 11.9 Å². The number of carbonyl (C=O) groups is 1. The van der Waals surface area contributed by atoms with E-state index in [0.717, 1.165) is 55.9 Å². The number of likely N-dealkylation sites (tertiary alicyclic amines) is 1. The van der Waals surface area contributed by atoms with Crippen molar-refractivity contribution in [1.82, 2.24) is 14.9 Å². The van der Waals surface area contributed by atoms with Crippen molar-refractivity contribution < 1.29 is 9.53 Å². The lowest BCUT2D eigenvalue weighted by atomic mass is 9.83. The molecule has 6 nitrogen and oxygen atoms in total. The van der Waals surface area contributed by atoms with Gasteiger partial charge in [-0.3, -0.25) is 4.79 Å². The average molecular weight is 366 g/mol. The molecule has 6 heteroatoms. The van der Waals surface area contributed by atoms with Gasteiger partial charge in [0, 0.05) is 36.8 Å². The fraction of sp³-hybridized carbons (Fsp3) is 0.476. The topological polar surface area (TPSA) is 67.3 Å². The maximum absolute atomic E-state index is 12.6. The highest BCUT2D eigenvalue weighted by Gasteiger charge is 2.32. The Bertz CT molecular complexity index is 789. The molecule has 142 valence electrons. The lowest BCUT2D eigenvalue weighted by Gasteiger charge is -2.37. The van der Waals surface area contributed by atoms with E-state index in [0.29, 0.717) is 11.9 Å². The van der Waals surface area contributed by atoms with Crippen LogP contribution in [-0.4, -0.2) is 41.0 Å². The van der Waals surface area contributed by atoms with Crippen molar-refractivity contribution in [3.63, 3.8) is 0 Å². The maximum Gasteiger partial charge on any atom is 0.227 e. The average Bonchev–Trinajstić information content (AvgIpc) is 2.67. The predicted octanol–water partition coefficient (Wildman–Crippen LogP) is 3.73. The van der Waals surface area contributed by atoms with Crippen molar-refractivity contribution >= 4 is 17.5 Å². The van der Waals surface area contributed by atoms with Crippen LogP contribution < -0.4 is 10.1 Å². The van der Waals surface area contributed by atoms with E-state index in [1.165, 1.54) is 6.42 Å². The first kappa shape index (κ1) is 17.8. The molecular formula is C21H26N4O2. The van der Waals surface area contributed by atoms with Crippen LogP contribution in [0.15, 0.2) is 36.5 Å². The lowest BCUT2D eigenvalue weighted by Crippen LogP contribution is -2.44. The summed E-state index contributed by atoms with van der Waals surface area (Å²) in [6.45, 7) is 1.65. The number of nitrogens with zero attached hydrogens (tertiary/aromatic N) is 3. The fourth-order valence-corrected chi connectivity index (χ4v) is 3.80. The Morgan fingerprint density at radius 2 is 1.96 bits per heavy atom. The van der Waals surface area contributed by atoms with Gasteiger partial charge in [0.15, 0.2) is 0 Å². The summed E-state index contributed by atoms with van der Waals surface area (Å²) in [5.41, 5.74) is 1.92. The van der Waals surface area contributed by atoms with Crippen LogP contribution in [0.2, 0.25) is 0 Å². The van der Waals surface area contributed by atoms with Crippen LogP contribution in [0.5, 0.6) is 5.75 Å². The number of anilines is 2. The van der Waals surface area contributed by atoms with Gasteiger partial charge < -0.3 is 15.0 Å². The van der Waals surface area contributed by atoms with E-state index in [9.17, 15) is 4.79 Å². The number of rotatable bonds is 5. The molecule has 2 fully saturated rings. The van der Waals surface area contributed by atoms with E-state index in [4.69, 9.17) is 9.72 Å². The zero-order valence-electron chi connectivity index (χ0n) is 15.7. The summed E-state index contributed by atoms with van der Waals surface area (Å²) < 4.78 is 5.18. The number of benzene rings is 1. The Balaban J connectivity index is 1.43. The summed E-state index contributed by atoms with van der Waals surface area (Å²) in [6, 6.07) is 9.65. The van der Waals surface area contributed by atoms with Gasteiger partial charge in [-0.15, -0.1) is 0 Å². The van der Waals surface area contributed by atoms with Crippen molar-refractivity contribution in [3.8, 4) is 5.75 Å². The summed E-state index contributed by atoms with van der Waals surface area (Å²) in [5, 5.41) is 3.25. The third-order valence-electron chi connectivity index (χ3n) is 5.63. The number of methoxy groups -OCH3 is 1. The van der Waals surface area contributed by atoms with Crippen LogP contribution in [0.25, 0.3) is 0 Å². The Morgan fingerprint density at radius 3 is 2.67 bits per heavy atom. The molecule has 0 unspecified atom stereocenters. The van der Waals surface area contributed by atoms with Gasteiger partial charge in [-0.2, -0.15) is 0 Å². The van der Waals surface area contributed by atoms with Gasteiger partial charge in [0.05, 0.1) is 12.8 Å². The summed E-state index contributed by atoms with van der Waals surface area (Å²) in [5.74, 6) is 2.29. The Kier molecular flexibility index (Phi) is 5.23. The van der Waals surface area contributed by atoms with Gasteiger partial charge in [0.1, 0.15) is 5.75 Å². The zero-order chi connectivity index (χ0) is 18.6. The standard InChI is InChI=1S/C21H26N4O2/c1-27-18-9-7-17(8-10-18)23-21-22-12-11-19(24-21)16-6-3-13-25(14-16)20(26)15-4-2-5-15/h7-12,15-16H,2-6,13-14H2,1H3,(H,22,23,24)/t16-/m1/s1. The molecule has 2 heterocycles. The largest absolute Gasteiger partial charge is 0.497 e. The van der Waals surface area contributed by atoms with Gasteiger partial charge in [-0.1, -0.05) is 6.42 Å². The molecule has 27 heavy (non-hydrogen) atoms. The summed E-state index contributed by atoms with van der Waals surface area (Å²) in [6.07, 6.45) is 7.20. The van der Waals surface area contributed by atoms with Crippen molar-refractivity contribution in [2.75, 3.05) is 25.5 Å². The van der Waals surface area contributed by atoms with Gasteiger partial charge >= 0.3 is 0 Å². The van der Waals surface area contributed by atoms with E-state index in [1.54, 1.807) is 13.3 Å². The van der Waals surface area contributed by atoms with E-state index in [1.807, 2.05) is 30.3 Å². The SMILES string of the molecule is COc1ccc(Nc2nccc([C@@H]3CCCN(C(=O)C4CCC4)C3)n2)cc1. The molecule has 1 atom stereocenters. The monoisotopic (exact) mass is 366 g/mol. The summed E-state index contributed by atoms with van der Waals surface area (Å²) >= 11 is 0. The maximum atomic E-state index is 12.6. The van der Waals surface area contributed by atoms with Crippen LogP contribution in [0.4, 0.5) is 11.6 Å². The first-order valence-electron chi connectivity index (χ1n) is 9.76. The first-order chi connectivity index (χ1) is 13.2. The molecule has 1 saturated carbocycles. The molecule has 0 radical (unpaired) electrons. The molecule has 4 rings (SSSR count). The number of nitrogens with one attached hydrogen (secondary N) is 1. The van der Waals surface area contributed by atoms with Crippen LogP contribution in [0, 0.1) is 5.92 Å². The second-order valence-electron chi connectivity index (χ2n) is 7.41. The second kappa shape index (κ2) is 7.94. The number of amides is 1. The molecule has 1 saturated heterocycles. The van der Waals surface area contributed by atoms with Crippen LogP contribution in [0.1, 0.15) is 43.7 Å². The molecule has 1 aromatic carbocycles. The van der Waals surface area contributed by atoms with Crippen molar-refractivity contribution in [2.45, 2.75) is 38.0 Å². The van der Waals surface area contributed by atoms with Crippen LogP contribution >= 0.6 is 0 Å². The molecule has 1 N–H and O–H groups in total. The Morgan fingerprint density at radius 1 is 1.15 bits per heavy atom. The molecule has 1 aromatic heterocycles. The molecule has 1 amide bonds. The van der Waals surface area contributed by atoms with E-state index in [-0.39, 0.29) is 11.8 Å². The molecule has 1 aliphatic heterocycles. The number of ether oxygens (including phenoxy) is 1. The molecule has 2 aliphatic rings. The first-order valence-corrected chi connectivity index (χ1v) is 9.76. The molecule has 1 aliphatic carbocycles. The van der Waals surface area contributed by atoms with Gasteiger partial charge in [-0.25, -0.2) is 9.97 Å². The van der Waals surface area contributed by atoms with Crippen LogP contribution in [0.3, 0.4) is 0 Å². The lowest BCUT2D eigenvalue weighted by molar-refractivity contribution is -0.139. The Hall–Kier alpha value is -2.63. The van der Waals surface area contributed by atoms with Gasteiger partial charge in [0.25, 0.3) is 0 Å². The number of piperidine rings is 1. The van der Waals surface area contributed by atoms with E-state index < -0.39 is 0 Å². The fourth-order valence-electron chi connectivity index (χ4n) is 3.80. The number of hydrogen-bond donors (Lipinski definition) is 1. The summed E-state index contributed by atoms with van der Waals surface area (Å²) in [4.78, 5) is 23.7. The minimum Gasteiger partial charge on any atom is -0.497 e. The van der Waals surface area contributed by atoms with E-state index in [2.05, 4.69) is 15.2 Å². The molecular weight excluding hydrogens is 340 g/mol. The Labute approximate surface area is 160 Å². The predicted molar refractivity (Wildman–Crippen MR) is 104 cm³/mol.